The van der Waals surface area contributed by atoms with E-state index in [1.807, 2.05) is 29.8 Å². The number of hydrogen-bond donors (Lipinski definition) is 3. The summed E-state index contributed by atoms with van der Waals surface area (Å²) in [6, 6.07) is 12.1. The Morgan fingerprint density at radius 1 is 1.10 bits per heavy atom. The molecule has 8 rings (SSSR count). The number of ether oxygens (including phenoxy) is 1. The average molecular weight is 669 g/mol. The molecule has 3 aliphatic rings. The van der Waals surface area contributed by atoms with Crippen LogP contribution in [0.3, 0.4) is 0 Å². The lowest BCUT2D eigenvalue weighted by molar-refractivity contribution is -0.124. The number of aromatic nitrogens is 5. The number of fused-ring (bicyclic) bond motifs is 2. The number of carbonyl (C=O) groups is 2. The summed E-state index contributed by atoms with van der Waals surface area (Å²) in [7, 11) is 3.45. The van der Waals surface area contributed by atoms with Gasteiger partial charge in [0, 0.05) is 50.1 Å². The van der Waals surface area contributed by atoms with Gasteiger partial charge in [-0.05, 0) is 67.6 Å². The van der Waals surface area contributed by atoms with Crippen molar-refractivity contribution in [2.75, 3.05) is 31.6 Å². The summed E-state index contributed by atoms with van der Waals surface area (Å²) >= 11 is 0. The zero-order valence-electron chi connectivity index (χ0n) is 27.2. The van der Waals surface area contributed by atoms with E-state index in [0.717, 1.165) is 36.1 Å². The van der Waals surface area contributed by atoms with E-state index >= 15 is 0 Å². The molecule has 13 nitrogen and oxygen atoms in total. The standard InChI is InChI=1S/C35H37FN8O5/c1-41-30-25(11-20(13-29(30)49-2)34(47)42-16-21(36)14-22(37)17-42)39-32(41)27-12-19-5-6-23(38-31(19)44(27)15-18-3-4-18)24-7-8-26(33(46)40-24)43-10-9-28(45)35(43)48/h5-8,11-13,18,21-22,28,45H,3-4,9-10,14-17,37H2,1-2H3,(H,40,46)/t21-,22-,28?/m1/s1. The van der Waals surface area contributed by atoms with E-state index in [1.165, 1.54) is 9.80 Å². The maximum atomic E-state index is 14.3. The van der Waals surface area contributed by atoms with Gasteiger partial charge >= 0.3 is 0 Å². The van der Waals surface area contributed by atoms with E-state index in [1.54, 1.807) is 31.4 Å². The molecule has 5 aromatic rings. The number of H-pyrrole nitrogens is 1. The third-order valence-electron chi connectivity index (χ3n) is 9.86. The number of piperidine rings is 1. The fraction of sp³-hybridized carbons (Fsp3) is 0.400. The highest BCUT2D eigenvalue weighted by atomic mass is 19.1. The van der Waals surface area contributed by atoms with E-state index in [0.29, 0.717) is 45.5 Å². The number of halogens is 1. The van der Waals surface area contributed by atoms with Gasteiger partial charge in [-0.2, -0.15) is 0 Å². The lowest BCUT2D eigenvalue weighted by atomic mass is 10.0. The predicted octanol–water partition coefficient (Wildman–Crippen LogP) is 2.97. The van der Waals surface area contributed by atoms with Gasteiger partial charge in [-0.1, -0.05) is 0 Å². The SMILES string of the molecule is COc1cc(C(=O)N2C[C@H](N)C[C@@H](F)C2)cc2nc(-c3cc4ccc(-c5ccc(N6CCC(O)C6=O)c(=O)[nH]5)nc4n3CC3CC3)n(C)c12. The zero-order chi connectivity index (χ0) is 34.1. The van der Waals surface area contributed by atoms with Gasteiger partial charge in [-0.25, -0.2) is 14.4 Å². The van der Waals surface area contributed by atoms with Crippen molar-refractivity contribution in [1.29, 1.82) is 0 Å². The number of benzene rings is 1. The van der Waals surface area contributed by atoms with Crippen LogP contribution < -0.4 is 20.9 Å². The maximum Gasteiger partial charge on any atom is 0.272 e. The molecule has 0 spiro atoms. The Balaban J connectivity index is 1.19. The number of rotatable bonds is 7. The van der Waals surface area contributed by atoms with Crippen LogP contribution in [0, 0.1) is 5.92 Å². The summed E-state index contributed by atoms with van der Waals surface area (Å²) in [5.41, 5.74) is 10.1. The number of nitrogens with two attached hydrogens (primary N) is 1. The summed E-state index contributed by atoms with van der Waals surface area (Å²) in [5, 5.41) is 10.8. The van der Waals surface area contributed by atoms with Gasteiger partial charge in [0.1, 0.15) is 34.9 Å². The Morgan fingerprint density at radius 3 is 2.61 bits per heavy atom. The summed E-state index contributed by atoms with van der Waals surface area (Å²) < 4.78 is 24.2. The highest BCUT2D eigenvalue weighted by Crippen LogP contribution is 2.38. The van der Waals surface area contributed by atoms with Crippen molar-refractivity contribution >= 4 is 39.6 Å². The Kier molecular flexibility index (Phi) is 7.52. The largest absolute Gasteiger partial charge is 0.494 e. The monoisotopic (exact) mass is 668 g/mol. The second kappa shape index (κ2) is 11.8. The Hall–Kier alpha value is -5.08. The van der Waals surface area contributed by atoms with Crippen LogP contribution in [0.25, 0.3) is 45.0 Å². The number of aliphatic hydroxyl groups excluding tert-OH is 1. The number of carbonyl (C=O) groups excluding carboxylic acids is 2. The minimum absolute atomic E-state index is 0.00308. The molecule has 254 valence electrons. The summed E-state index contributed by atoms with van der Waals surface area (Å²) in [6.45, 7) is 1.29. The first-order valence-electron chi connectivity index (χ1n) is 16.6. The molecule has 1 aliphatic carbocycles. The van der Waals surface area contributed by atoms with Crippen molar-refractivity contribution in [3.63, 3.8) is 0 Å². The molecule has 1 unspecified atom stereocenters. The number of aryl methyl sites for hydroxylation is 1. The van der Waals surface area contributed by atoms with Crippen LogP contribution in [0.15, 0.2) is 47.3 Å². The molecule has 49 heavy (non-hydrogen) atoms. The van der Waals surface area contributed by atoms with E-state index in [-0.39, 0.29) is 44.1 Å². The highest BCUT2D eigenvalue weighted by molar-refractivity contribution is 6.00. The normalized spacial score (nSPS) is 21.3. The molecular formula is C35H37FN8O5. The number of pyridine rings is 2. The number of methoxy groups -OCH3 is 1. The molecule has 6 heterocycles. The smallest absolute Gasteiger partial charge is 0.272 e. The number of nitrogens with zero attached hydrogens (tertiary/aromatic N) is 6. The molecule has 2 amide bonds. The van der Waals surface area contributed by atoms with Gasteiger partial charge in [0.15, 0.2) is 5.82 Å². The van der Waals surface area contributed by atoms with Crippen LogP contribution in [0.5, 0.6) is 5.75 Å². The van der Waals surface area contributed by atoms with Gasteiger partial charge in [-0.15, -0.1) is 0 Å². The molecule has 3 fully saturated rings. The van der Waals surface area contributed by atoms with Crippen molar-refractivity contribution in [3.8, 4) is 28.7 Å². The Bertz CT molecular complexity index is 2190. The first-order chi connectivity index (χ1) is 23.6. The molecule has 3 atom stereocenters. The number of aromatic amines is 1. The van der Waals surface area contributed by atoms with Crippen LogP contribution in [0.2, 0.25) is 0 Å². The number of alkyl halides is 1. The molecular weight excluding hydrogens is 631 g/mol. The third kappa shape index (κ3) is 5.44. The van der Waals surface area contributed by atoms with Crippen molar-refractivity contribution in [2.24, 2.45) is 18.7 Å². The molecule has 0 bridgehead atoms. The molecule has 4 aromatic heterocycles. The minimum atomic E-state index is -1.17. The highest BCUT2D eigenvalue weighted by Gasteiger charge is 2.33. The summed E-state index contributed by atoms with van der Waals surface area (Å²) in [6.07, 6.45) is 0.474. The number of imidazole rings is 1. The fourth-order valence-electron chi connectivity index (χ4n) is 7.18. The molecule has 1 saturated carbocycles. The molecule has 1 aromatic carbocycles. The average Bonchev–Trinajstić information content (AvgIpc) is 3.64. The quantitative estimate of drug-likeness (QED) is 0.238. The van der Waals surface area contributed by atoms with Crippen LogP contribution >= 0.6 is 0 Å². The number of likely N-dealkylation sites (tertiary alicyclic amines) is 1. The number of anilines is 1. The number of hydrogen-bond acceptors (Lipinski definition) is 8. The number of amides is 2. The Morgan fingerprint density at radius 2 is 1.92 bits per heavy atom. The van der Waals surface area contributed by atoms with E-state index < -0.39 is 29.8 Å². The van der Waals surface area contributed by atoms with E-state index in [2.05, 4.69) is 9.55 Å². The molecule has 4 N–H and O–H groups in total. The van der Waals surface area contributed by atoms with Crippen molar-refractivity contribution < 1.29 is 23.8 Å². The first-order valence-corrected chi connectivity index (χ1v) is 16.6. The van der Waals surface area contributed by atoms with Crippen molar-refractivity contribution in [3.05, 3.63) is 58.4 Å². The van der Waals surface area contributed by atoms with Gasteiger partial charge in [-0.3, -0.25) is 14.4 Å². The summed E-state index contributed by atoms with van der Waals surface area (Å²) in [5.74, 6) is 0.837. The lowest BCUT2D eigenvalue weighted by Crippen LogP contribution is -2.50. The van der Waals surface area contributed by atoms with Gasteiger partial charge in [0.2, 0.25) is 0 Å². The molecule has 0 radical (unpaired) electrons. The van der Waals surface area contributed by atoms with Crippen LogP contribution in [0.4, 0.5) is 10.1 Å². The van der Waals surface area contributed by atoms with Crippen LogP contribution in [-0.4, -0.2) is 91.0 Å². The fourth-order valence-corrected chi connectivity index (χ4v) is 7.18. The summed E-state index contributed by atoms with van der Waals surface area (Å²) in [4.78, 5) is 54.5. The van der Waals surface area contributed by atoms with E-state index in [4.69, 9.17) is 20.4 Å². The lowest BCUT2D eigenvalue weighted by Gasteiger charge is -2.33. The second-order valence-electron chi connectivity index (χ2n) is 13.4. The maximum absolute atomic E-state index is 14.3. The minimum Gasteiger partial charge on any atom is -0.494 e. The zero-order valence-corrected chi connectivity index (χ0v) is 27.2. The van der Waals surface area contributed by atoms with E-state index in [9.17, 15) is 23.9 Å². The molecule has 14 heteroatoms. The predicted molar refractivity (Wildman–Crippen MR) is 181 cm³/mol. The number of aliphatic hydroxyl groups is 1. The van der Waals surface area contributed by atoms with Gasteiger partial charge in [0.25, 0.3) is 17.4 Å². The number of nitrogens with one attached hydrogen (secondary N) is 1. The molecule has 2 aliphatic heterocycles. The topological polar surface area (TPSA) is 165 Å². The first kappa shape index (κ1) is 31.2. The van der Waals surface area contributed by atoms with Crippen molar-refractivity contribution in [2.45, 2.75) is 50.5 Å². The molecule has 2 saturated heterocycles. The van der Waals surface area contributed by atoms with Gasteiger partial charge < -0.3 is 39.5 Å². The van der Waals surface area contributed by atoms with Gasteiger partial charge in [0.05, 0.1) is 36.3 Å². The van der Waals surface area contributed by atoms with Crippen molar-refractivity contribution in [1.82, 2.24) is 29.0 Å². The third-order valence-corrected chi connectivity index (χ3v) is 9.86. The Labute approximate surface area is 280 Å². The van der Waals surface area contributed by atoms with Crippen LogP contribution in [-0.2, 0) is 18.4 Å². The second-order valence-corrected chi connectivity index (χ2v) is 13.4. The van der Waals surface area contributed by atoms with Crippen LogP contribution in [0.1, 0.15) is 36.0 Å².